The maximum Gasteiger partial charge on any atom is 0.345 e. The van der Waals surface area contributed by atoms with Crippen LogP contribution < -0.4 is 5.32 Å². The smallest absolute Gasteiger partial charge is 0.345 e. The maximum atomic E-state index is 13.1. The number of halogens is 2. The number of sulfonamides is 1. The predicted octanol–water partition coefficient (Wildman–Crippen LogP) is 7.14. The van der Waals surface area contributed by atoms with Gasteiger partial charge in [0, 0.05) is 40.5 Å². The molecule has 0 unspecified atom stereocenters. The van der Waals surface area contributed by atoms with Gasteiger partial charge < -0.3 is 10.4 Å². The van der Waals surface area contributed by atoms with Gasteiger partial charge in [-0.25, -0.2) is 13.2 Å². The zero-order chi connectivity index (χ0) is 30.1. The van der Waals surface area contributed by atoms with Crippen molar-refractivity contribution in [3.05, 3.63) is 117 Å². The first-order valence-electron chi connectivity index (χ1n) is 13.5. The van der Waals surface area contributed by atoms with Gasteiger partial charge in [-0.05, 0) is 78.1 Å². The minimum absolute atomic E-state index is 0.000857. The first-order valence-corrected chi connectivity index (χ1v) is 16.6. The van der Waals surface area contributed by atoms with E-state index in [4.69, 9.17) is 23.2 Å². The highest BCUT2D eigenvalue weighted by molar-refractivity contribution is 7.91. The Kier molecular flexibility index (Phi) is 8.39. The number of carboxylic acid groups (broad SMARTS) is 1. The molecule has 2 N–H and O–H groups in total. The Balaban J connectivity index is 1.25. The lowest BCUT2D eigenvalue weighted by molar-refractivity contribution is 0.0702. The number of carboxylic acids is 1. The van der Waals surface area contributed by atoms with E-state index in [9.17, 15) is 18.3 Å². The Morgan fingerprint density at radius 3 is 2.09 bits per heavy atom. The van der Waals surface area contributed by atoms with Crippen molar-refractivity contribution in [1.29, 1.82) is 0 Å². The molecule has 1 aliphatic heterocycles. The van der Waals surface area contributed by atoms with E-state index in [1.807, 2.05) is 54.6 Å². The van der Waals surface area contributed by atoms with Crippen LogP contribution >= 0.6 is 34.5 Å². The van der Waals surface area contributed by atoms with E-state index < -0.39 is 16.0 Å². The van der Waals surface area contributed by atoms with Crippen LogP contribution in [0, 0.1) is 0 Å². The summed E-state index contributed by atoms with van der Waals surface area (Å²) >= 11 is 13.2. The topological polar surface area (TPSA) is 112 Å². The molecule has 1 saturated heterocycles. The molecule has 0 amide bonds. The minimum atomic E-state index is -3.76. The normalized spacial score (nSPS) is 14.8. The Bertz CT molecular complexity index is 1840. The number of benzene rings is 3. The molecule has 2 aromatic heterocycles. The lowest BCUT2D eigenvalue weighted by atomic mass is 9.84. The van der Waals surface area contributed by atoms with Gasteiger partial charge in [0.05, 0.1) is 17.4 Å². The molecule has 1 fully saturated rings. The van der Waals surface area contributed by atoms with Crippen LogP contribution in [0.25, 0.3) is 10.9 Å². The average molecular weight is 654 g/mol. The molecule has 0 bridgehead atoms. The lowest BCUT2D eigenvalue weighted by Gasteiger charge is -2.32. The van der Waals surface area contributed by atoms with Crippen LogP contribution in [-0.4, -0.2) is 53.1 Å². The van der Waals surface area contributed by atoms with Gasteiger partial charge in [-0.2, -0.15) is 14.5 Å². The van der Waals surface area contributed by atoms with Crippen molar-refractivity contribution in [2.45, 2.75) is 29.0 Å². The number of carbonyl (C=O) groups is 1. The van der Waals surface area contributed by atoms with E-state index in [1.165, 1.54) is 16.4 Å². The third kappa shape index (κ3) is 6.25. The highest BCUT2D eigenvalue weighted by atomic mass is 35.5. The number of thiophene rings is 1. The number of nitrogens with one attached hydrogen (secondary N) is 1. The molecule has 3 aromatic carbocycles. The zero-order valence-corrected chi connectivity index (χ0v) is 25.8. The Morgan fingerprint density at radius 1 is 0.907 bits per heavy atom. The van der Waals surface area contributed by atoms with E-state index in [2.05, 4.69) is 27.6 Å². The molecule has 0 saturated carbocycles. The van der Waals surface area contributed by atoms with Crippen molar-refractivity contribution >= 4 is 67.1 Å². The number of rotatable bonds is 8. The summed E-state index contributed by atoms with van der Waals surface area (Å²) < 4.78 is 27.7. The van der Waals surface area contributed by atoms with Crippen LogP contribution in [-0.2, 0) is 10.0 Å². The van der Waals surface area contributed by atoms with Crippen molar-refractivity contribution in [3.8, 4) is 0 Å². The largest absolute Gasteiger partial charge is 0.477 e. The van der Waals surface area contributed by atoms with Crippen LogP contribution in [0.5, 0.6) is 0 Å². The molecule has 12 heteroatoms. The van der Waals surface area contributed by atoms with Crippen LogP contribution in [0.4, 0.5) is 5.69 Å². The van der Waals surface area contributed by atoms with Gasteiger partial charge in [0.25, 0.3) is 10.0 Å². The van der Waals surface area contributed by atoms with Crippen LogP contribution in [0.1, 0.15) is 45.1 Å². The first kappa shape index (κ1) is 29.5. The molecule has 3 heterocycles. The summed E-state index contributed by atoms with van der Waals surface area (Å²) in [4.78, 5) is 11.2. The first-order chi connectivity index (χ1) is 20.7. The summed E-state index contributed by atoms with van der Waals surface area (Å²) in [5.41, 5.74) is 4.79. The van der Waals surface area contributed by atoms with E-state index in [1.54, 1.807) is 6.20 Å². The highest BCUT2D eigenvalue weighted by Gasteiger charge is 2.31. The van der Waals surface area contributed by atoms with Gasteiger partial charge in [0.1, 0.15) is 9.09 Å². The number of aromatic carboxylic acids is 1. The lowest BCUT2D eigenvalue weighted by Crippen LogP contribution is -2.42. The molecule has 6 rings (SSSR count). The number of hydrogen-bond acceptors (Lipinski definition) is 7. The van der Waals surface area contributed by atoms with E-state index in [0.717, 1.165) is 44.6 Å². The van der Waals surface area contributed by atoms with Gasteiger partial charge in [-0.3, -0.25) is 0 Å². The molecule has 0 radical (unpaired) electrons. The van der Waals surface area contributed by atoms with E-state index in [0.29, 0.717) is 36.0 Å². The molecule has 220 valence electrons. The maximum absolute atomic E-state index is 13.1. The van der Waals surface area contributed by atoms with Gasteiger partial charge in [-0.15, -0.1) is 11.3 Å². The number of hydrogen-bond donors (Lipinski definition) is 2. The summed E-state index contributed by atoms with van der Waals surface area (Å²) in [6, 6.07) is 24.5. The number of fused-ring (bicyclic) bond motifs is 1. The van der Waals surface area contributed by atoms with E-state index in [-0.39, 0.29) is 21.0 Å². The van der Waals surface area contributed by atoms with Crippen molar-refractivity contribution in [1.82, 2.24) is 14.5 Å². The fourth-order valence-corrected chi connectivity index (χ4v) is 8.44. The summed E-state index contributed by atoms with van der Waals surface area (Å²) in [5, 5.41) is 23.6. The molecule has 5 aromatic rings. The fourth-order valence-electron chi connectivity index (χ4n) is 5.42. The SMILES string of the molecule is O=C(O)c1ccc(S(=O)(=O)N2CCC(Nc3cnnc4ccc(C(c5ccc(Cl)cc5)c5ccc(Cl)cc5)cc34)CC2)s1. The number of nitrogens with zero attached hydrogens (tertiary/aromatic N) is 3. The van der Waals surface area contributed by atoms with Crippen molar-refractivity contribution in [2.24, 2.45) is 0 Å². The standard InChI is InChI=1S/C31H26Cl2N4O4S2/c32-22-6-1-19(2-7-22)30(20-3-8-23(33)9-4-20)21-5-10-26-25(17-21)27(18-34-36-26)35-24-13-15-37(16-14-24)43(40,41)29-12-11-28(42-29)31(38)39/h1-12,17-18,24,30H,13-16H2,(H,35,36)(H,38,39). The predicted molar refractivity (Wildman–Crippen MR) is 170 cm³/mol. The second-order valence-electron chi connectivity index (χ2n) is 10.3. The number of aromatic nitrogens is 2. The molecule has 0 spiro atoms. The highest BCUT2D eigenvalue weighted by Crippen LogP contribution is 2.36. The fraction of sp³-hybridized carbons (Fsp3) is 0.194. The Hall–Kier alpha value is -3.54. The molecule has 43 heavy (non-hydrogen) atoms. The van der Waals surface area contributed by atoms with Gasteiger partial charge in [0.2, 0.25) is 0 Å². The van der Waals surface area contributed by atoms with Crippen LogP contribution in [0.15, 0.2) is 89.3 Å². The van der Waals surface area contributed by atoms with Crippen molar-refractivity contribution in [2.75, 3.05) is 18.4 Å². The Labute approximate surface area is 263 Å². The summed E-state index contributed by atoms with van der Waals surface area (Å²) in [6.45, 7) is 0.633. The summed E-state index contributed by atoms with van der Waals surface area (Å²) in [5.74, 6) is -1.21. The second-order valence-corrected chi connectivity index (χ2v) is 14.4. The quantitative estimate of drug-likeness (QED) is 0.171. The second kappa shape index (κ2) is 12.2. The minimum Gasteiger partial charge on any atom is -0.477 e. The van der Waals surface area contributed by atoms with Gasteiger partial charge in [0.15, 0.2) is 0 Å². The van der Waals surface area contributed by atoms with Crippen molar-refractivity contribution < 1.29 is 18.3 Å². The van der Waals surface area contributed by atoms with Gasteiger partial charge >= 0.3 is 5.97 Å². The van der Waals surface area contributed by atoms with E-state index >= 15 is 0 Å². The molecular formula is C31H26Cl2N4O4S2. The number of anilines is 1. The third-order valence-corrected chi connectivity index (χ3v) is 11.5. The van der Waals surface area contributed by atoms with Crippen molar-refractivity contribution in [3.63, 3.8) is 0 Å². The summed E-state index contributed by atoms with van der Waals surface area (Å²) in [7, 11) is -3.76. The Morgan fingerprint density at radius 2 is 1.51 bits per heavy atom. The van der Waals surface area contributed by atoms with Crippen LogP contribution in [0.3, 0.4) is 0 Å². The molecule has 0 aliphatic carbocycles. The van der Waals surface area contributed by atoms with Gasteiger partial charge in [-0.1, -0.05) is 53.5 Å². The molecule has 1 aliphatic rings. The molecule has 8 nitrogen and oxygen atoms in total. The molecule has 0 atom stereocenters. The van der Waals surface area contributed by atoms with Crippen LogP contribution in [0.2, 0.25) is 10.0 Å². The zero-order valence-electron chi connectivity index (χ0n) is 22.7. The molecular weight excluding hydrogens is 627 g/mol. The third-order valence-electron chi connectivity index (χ3n) is 7.60. The monoisotopic (exact) mass is 652 g/mol. The summed E-state index contributed by atoms with van der Waals surface area (Å²) in [6.07, 6.45) is 2.87. The number of piperidine rings is 1. The average Bonchev–Trinajstić information content (AvgIpc) is 3.52.